The van der Waals surface area contributed by atoms with Gasteiger partial charge in [-0.05, 0) is 49.7 Å². The number of aryl methyl sites for hydroxylation is 1. The van der Waals surface area contributed by atoms with Gasteiger partial charge in [-0.2, -0.15) is 0 Å². The average molecular weight is 369 g/mol. The summed E-state index contributed by atoms with van der Waals surface area (Å²) in [4.78, 5) is 11.9. The van der Waals surface area contributed by atoms with Gasteiger partial charge in [-0.15, -0.1) is 12.4 Å². The van der Waals surface area contributed by atoms with Crippen molar-refractivity contribution in [3.05, 3.63) is 47.8 Å². The largest absolute Gasteiger partial charge is 0.493 e. The van der Waals surface area contributed by atoms with E-state index in [9.17, 15) is 9.18 Å². The Morgan fingerprint density at radius 1 is 1.16 bits per heavy atom. The van der Waals surface area contributed by atoms with E-state index in [2.05, 4.69) is 5.32 Å². The first-order valence-corrected chi connectivity index (χ1v) is 7.65. The summed E-state index contributed by atoms with van der Waals surface area (Å²) < 4.78 is 24.6. The van der Waals surface area contributed by atoms with Gasteiger partial charge in [-0.25, -0.2) is 4.39 Å². The number of halogens is 2. The molecule has 0 saturated carbocycles. The molecule has 0 unspecified atom stereocenters. The molecule has 3 N–H and O–H groups in total. The lowest BCUT2D eigenvalue weighted by molar-refractivity contribution is -0.116. The molecule has 0 aromatic heterocycles. The zero-order chi connectivity index (χ0) is 17.5. The van der Waals surface area contributed by atoms with Crippen LogP contribution in [0.25, 0.3) is 0 Å². The minimum absolute atomic E-state index is 0. The van der Waals surface area contributed by atoms with E-state index >= 15 is 0 Å². The molecule has 2 aromatic carbocycles. The third-order valence-electron chi connectivity index (χ3n) is 3.36. The van der Waals surface area contributed by atoms with Crippen molar-refractivity contribution in [3.63, 3.8) is 0 Å². The number of benzene rings is 2. The SMILES string of the molecule is COc1cc(C)ccc1Oc1ccc(F)cc1NC(=O)CCCN.Cl. The highest BCUT2D eigenvalue weighted by atomic mass is 35.5. The van der Waals surface area contributed by atoms with Gasteiger partial charge in [-0.1, -0.05) is 6.07 Å². The molecule has 7 heteroatoms. The summed E-state index contributed by atoms with van der Waals surface area (Å²) in [6.07, 6.45) is 0.823. The normalized spacial score (nSPS) is 9.92. The Morgan fingerprint density at radius 2 is 1.88 bits per heavy atom. The number of methoxy groups -OCH3 is 1. The average Bonchev–Trinajstić information content (AvgIpc) is 2.56. The van der Waals surface area contributed by atoms with E-state index in [1.807, 2.05) is 19.1 Å². The summed E-state index contributed by atoms with van der Waals surface area (Å²) in [5, 5.41) is 2.65. The van der Waals surface area contributed by atoms with E-state index in [-0.39, 0.29) is 30.4 Å². The van der Waals surface area contributed by atoms with Gasteiger partial charge in [-0.3, -0.25) is 4.79 Å². The number of ether oxygens (including phenoxy) is 2. The van der Waals surface area contributed by atoms with Crippen LogP contribution < -0.4 is 20.5 Å². The minimum Gasteiger partial charge on any atom is -0.493 e. The molecular weight excluding hydrogens is 347 g/mol. The predicted octanol–water partition coefficient (Wildman–Crippen LogP) is 4.03. The van der Waals surface area contributed by atoms with E-state index in [4.69, 9.17) is 15.2 Å². The molecule has 0 spiro atoms. The van der Waals surface area contributed by atoms with Crippen LogP contribution in [0.5, 0.6) is 17.2 Å². The molecule has 0 aliphatic heterocycles. The Balaban J connectivity index is 0.00000312. The maximum absolute atomic E-state index is 13.5. The fourth-order valence-electron chi connectivity index (χ4n) is 2.14. The second-order valence-electron chi connectivity index (χ2n) is 5.34. The topological polar surface area (TPSA) is 73.6 Å². The first-order chi connectivity index (χ1) is 11.5. The molecule has 0 aliphatic carbocycles. The standard InChI is InChI=1S/C18H21FN2O3.ClH/c1-12-5-7-16(17(10-12)23-2)24-15-8-6-13(19)11-14(15)21-18(22)4-3-9-20;/h5-8,10-11H,3-4,9,20H2,1-2H3,(H,21,22);1H. The first kappa shape index (κ1) is 20.7. The number of nitrogens with two attached hydrogens (primary N) is 1. The van der Waals surface area contributed by atoms with Crippen LogP contribution in [0.1, 0.15) is 18.4 Å². The number of nitrogens with one attached hydrogen (secondary N) is 1. The molecule has 0 heterocycles. The summed E-state index contributed by atoms with van der Waals surface area (Å²) in [5.74, 6) is 0.658. The maximum atomic E-state index is 13.5. The molecule has 2 aromatic rings. The highest BCUT2D eigenvalue weighted by Gasteiger charge is 2.12. The number of hydrogen-bond donors (Lipinski definition) is 2. The molecule has 0 radical (unpaired) electrons. The van der Waals surface area contributed by atoms with E-state index in [1.54, 1.807) is 13.2 Å². The van der Waals surface area contributed by atoms with Crippen molar-refractivity contribution in [2.75, 3.05) is 19.0 Å². The van der Waals surface area contributed by atoms with Crippen LogP contribution in [-0.4, -0.2) is 19.6 Å². The lowest BCUT2D eigenvalue weighted by atomic mass is 10.2. The monoisotopic (exact) mass is 368 g/mol. The Hall–Kier alpha value is -2.31. The fourth-order valence-corrected chi connectivity index (χ4v) is 2.14. The molecule has 0 saturated heterocycles. The molecule has 0 fully saturated rings. The third kappa shape index (κ3) is 5.92. The Kier molecular flexibility index (Phi) is 8.18. The number of amides is 1. The highest BCUT2D eigenvalue weighted by Crippen LogP contribution is 2.36. The van der Waals surface area contributed by atoms with Gasteiger partial charge < -0.3 is 20.5 Å². The second-order valence-corrected chi connectivity index (χ2v) is 5.34. The molecule has 0 aliphatic rings. The van der Waals surface area contributed by atoms with Gasteiger partial charge in [0.25, 0.3) is 0 Å². The number of anilines is 1. The zero-order valence-corrected chi connectivity index (χ0v) is 15.0. The lowest BCUT2D eigenvalue weighted by Crippen LogP contribution is -2.14. The van der Waals surface area contributed by atoms with E-state index in [0.717, 1.165) is 5.56 Å². The van der Waals surface area contributed by atoms with Crippen LogP contribution in [0.3, 0.4) is 0 Å². The summed E-state index contributed by atoms with van der Waals surface area (Å²) in [7, 11) is 1.54. The minimum atomic E-state index is -0.465. The van der Waals surface area contributed by atoms with Crippen LogP contribution >= 0.6 is 12.4 Å². The summed E-state index contributed by atoms with van der Waals surface area (Å²) >= 11 is 0. The third-order valence-corrected chi connectivity index (χ3v) is 3.36. The van der Waals surface area contributed by atoms with Gasteiger partial charge in [0.05, 0.1) is 12.8 Å². The number of carbonyl (C=O) groups excluding carboxylic acids is 1. The van der Waals surface area contributed by atoms with Crippen LogP contribution in [-0.2, 0) is 4.79 Å². The van der Waals surface area contributed by atoms with Crippen molar-refractivity contribution in [2.24, 2.45) is 5.73 Å². The van der Waals surface area contributed by atoms with Crippen molar-refractivity contribution in [1.29, 1.82) is 0 Å². The van der Waals surface area contributed by atoms with Gasteiger partial charge in [0.2, 0.25) is 5.91 Å². The number of carbonyl (C=O) groups is 1. The zero-order valence-electron chi connectivity index (χ0n) is 14.2. The summed E-state index contributed by atoms with van der Waals surface area (Å²) in [5.41, 5.74) is 6.68. The Labute approximate surface area is 152 Å². The van der Waals surface area contributed by atoms with E-state index < -0.39 is 5.82 Å². The quantitative estimate of drug-likeness (QED) is 0.773. The fraction of sp³-hybridized carbons (Fsp3) is 0.278. The molecule has 0 bridgehead atoms. The molecule has 136 valence electrons. The number of hydrogen-bond acceptors (Lipinski definition) is 4. The van der Waals surface area contributed by atoms with Crippen molar-refractivity contribution >= 4 is 24.0 Å². The molecule has 25 heavy (non-hydrogen) atoms. The highest BCUT2D eigenvalue weighted by molar-refractivity contribution is 5.92. The first-order valence-electron chi connectivity index (χ1n) is 7.65. The molecular formula is C18H22ClFN2O3. The summed E-state index contributed by atoms with van der Waals surface area (Å²) in [6.45, 7) is 2.35. The van der Waals surface area contributed by atoms with E-state index in [0.29, 0.717) is 30.2 Å². The van der Waals surface area contributed by atoms with Crippen molar-refractivity contribution in [1.82, 2.24) is 0 Å². The smallest absolute Gasteiger partial charge is 0.224 e. The maximum Gasteiger partial charge on any atom is 0.224 e. The van der Waals surface area contributed by atoms with Gasteiger partial charge in [0.1, 0.15) is 5.82 Å². The second kappa shape index (κ2) is 9.86. The van der Waals surface area contributed by atoms with Crippen LogP contribution in [0, 0.1) is 12.7 Å². The van der Waals surface area contributed by atoms with Gasteiger partial charge >= 0.3 is 0 Å². The van der Waals surface area contributed by atoms with Gasteiger partial charge in [0.15, 0.2) is 17.2 Å². The number of rotatable bonds is 7. The van der Waals surface area contributed by atoms with Crippen LogP contribution in [0.15, 0.2) is 36.4 Å². The Morgan fingerprint density at radius 3 is 2.56 bits per heavy atom. The van der Waals surface area contributed by atoms with Crippen molar-refractivity contribution in [3.8, 4) is 17.2 Å². The van der Waals surface area contributed by atoms with Crippen LogP contribution in [0.4, 0.5) is 10.1 Å². The predicted molar refractivity (Wildman–Crippen MR) is 98.4 cm³/mol. The lowest BCUT2D eigenvalue weighted by Gasteiger charge is -2.15. The molecule has 1 amide bonds. The van der Waals surface area contributed by atoms with Gasteiger partial charge in [0, 0.05) is 12.5 Å². The summed E-state index contributed by atoms with van der Waals surface area (Å²) in [6, 6.07) is 9.42. The van der Waals surface area contributed by atoms with Crippen LogP contribution in [0.2, 0.25) is 0 Å². The Bertz CT molecular complexity index is 725. The van der Waals surface area contributed by atoms with E-state index in [1.165, 1.54) is 18.2 Å². The molecule has 2 rings (SSSR count). The van der Waals surface area contributed by atoms with Crippen molar-refractivity contribution < 1.29 is 18.7 Å². The molecule has 5 nitrogen and oxygen atoms in total. The molecule has 0 atom stereocenters. The van der Waals surface area contributed by atoms with Crippen molar-refractivity contribution in [2.45, 2.75) is 19.8 Å².